The van der Waals surface area contributed by atoms with E-state index >= 15 is 0 Å². The first-order valence-electron chi connectivity index (χ1n) is 8.00. The lowest BCUT2D eigenvalue weighted by Gasteiger charge is -2.33. The number of halogens is 1. The third kappa shape index (κ3) is 1.44. The number of fused-ring (bicyclic) bond motifs is 5. The molecular formula is C19H21FN2. The summed E-state index contributed by atoms with van der Waals surface area (Å²) in [6, 6.07) is 6.84. The SMILES string of the molecule is Cc1c(-c2ccccc2F)nnc2c1[C@H]1CC[C@]2(C)C1(C)C. The van der Waals surface area contributed by atoms with Crippen molar-refractivity contribution in [3.63, 3.8) is 0 Å². The van der Waals surface area contributed by atoms with E-state index in [-0.39, 0.29) is 16.6 Å². The molecule has 1 aromatic heterocycles. The van der Waals surface area contributed by atoms with Gasteiger partial charge in [0.1, 0.15) is 5.82 Å². The van der Waals surface area contributed by atoms with E-state index in [0.29, 0.717) is 17.2 Å². The summed E-state index contributed by atoms with van der Waals surface area (Å²) in [5, 5.41) is 8.99. The summed E-state index contributed by atoms with van der Waals surface area (Å²) in [6.45, 7) is 9.08. The van der Waals surface area contributed by atoms with Gasteiger partial charge >= 0.3 is 0 Å². The summed E-state index contributed by atoms with van der Waals surface area (Å²) in [5.74, 6) is 0.280. The minimum atomic E-state index is -0.228. The van der Waals surface area contributed by atoms with Gasteiger partial charge in [-0.2, -0.15) is 5.10 Å². The fourth-order valence-corrected chi connectivity index (χ4v) is 4.71. The molecule has 2 aliphatic carbocycles. The molecule has 4 rings (SSSR count). The van der Waals surface area contributed by atoms with E-state index in [2.05, 4.69) is 37.9 Å². The molecule has 0 radical (unpaired) electrons. The van der Waals surface area contributed by atoms with Crippen molar-refractivity contribution >= 4 is 0 Å². The van der Waals surface area contributed by atoms with Gasteiger partial charge in [0, 0.05) is 11.0 Å². The molecule has 22 heavy (non-hydrogen) atoms. The maximum Gasteiger partial charge on any atom is 0.132 e. The van der Waals surface area contributed by atoms with Crippen LogP contribution < -0.4 is 0 Å². The van der Waals surface area contributed by atoms with Crippen molar-refractivity contribution < 1.29 is 4.39 Å². The second-order valence-electron chi connectivity index (χ2n) is 7.56. The Balaban J connectivity index is 1.97. The quantitative estimate of drug-likeness (QED) is 0.758. The third-order valence-corrected chi connectivity index (χ3v) is 6.49. The van der Waals surface area contributed by atoms with Gasteiger partial charge in [0.05, 0.1) is 11.4 Å². The molecule has 0 aliphatic heterocycles. The van der Waals surface area contributed by atoms with Gasteiger partial charge in [-0.15, -0.1) is 5.10 Å². The van der Waals surface area contributed by atoms with Crippen LogP contribution in [0.3, 0.4) is 0 Å². The van der Waals surface area contributed by atoms with E-state index < -0.39 is 0 Å². The molecule has 2 nitrogen and oxygen atoms in total. The van der Waals surface area contributed by atoms with Crippen molar-refractivity contribution in [2.75, 3.05) is 0 Å². The second-order valence-corrected chi connectivity index (χ2v) is 7.56. The molecule has 0 N–H and O–H groups in total. The first-order valence-corrected chi connectivity index (χ1v) is 8.00. The molecule has 1 heterocycles. The van der Waals surface area contributed by atoms with Crippen LogP contribution >= 0.6 is 0 Å². The van der Waals surface area contributed by atoms with Gasteiger partial charge in [-0.25, -0.2) is 4.39 Å². The lowest BCUT2D eigenvalue weighted by molar-refractivity contribution is 0.226. The van der Waals surface area contributed by atoms with Gasteiger partial charge in [0.2, 0.25) is 0 Å². The predicted molar refractivity (Wildman–Crippen MR) is 85.3 cm³/mol. The minimum Gasteiger partial charge on any atom is -0.206 e. The van der Waals surface area contributed by atoms with Gasteiger partial charge in [0.25, 0.3) is 0 Å². The topological polar surface area (TPSA) is 25.8 Å². The van der Waals surface area contributed by atoms with Crippen LogP contribution in [0.5, 0.6) is 0 Å². The Kier molecular flexibility index (Phi) is 2.62. The standard InChI is InChI=1S/C19H21FN2/c1-11-15-13-9-10-19(4,18(13,2)3)17(15)22-21-16(11)12-7-5-6-8-14(12)20/h5-8,13H,9-10H2,1-4H3/t13-,19+/m1/s1. The van der Waals surface area contributed by atoms with Gasteiger partial charge in [-0.05, 0) is 54.4 Å². The molecule has 2 atom stereocenters. The largest absolute Gasteiger partial charge is 0.206 e. The van der Waals surface area contributed by atoms with Gasteiger partial charge in [-0.1, -0.05) is 32.9 Å². The van der Waals surface area contributed by atoms with Crippen molar-refractivity contribution in [2.45, 2.75) is 51.9 Å². The van der Waals surface area contributed by atoms with Crippen LogP contribution in [-0.4, -0.2) is 10.2 Å². The van der Waals surface area contributed by atoms with Crippen molar-refractivity contribution in [1.29, 1.82) is 0 Å². The number of hydrogen-bond donors (Lipinski definition) is 0. The predicted octanol–water partition coefficient (Wildman–Crippen LogP) is 4.77. The fourth-order valence-electron chi connectivity index (χ4n) is 4.71. The van der Waals surface area contributed by atoms with E-state index in [1.807, 2.05) is 6.07 Å². The highest BCUT2D eigenvalue weighted by Crippen LogP contribution is 2.67. The van der Waals surface area contributed by atoms with Crippen LogP contribution in [0.1, 0.15) is 56.4 Å². The molecule has 0 spiro atoms. The average Bonchev–Trinajstić information content (AvgIpc) is 2.81. The Bertz CT molecular complexity index is 781. The number of aromatic nitrogens is 2. The van der Waals surface area contributed by atoms with Crippen molar-refractivity contribution in [3.8, 4) is 11.3 Å². The third-order valence-electron chi connectivity index (χ3n) is 6.49. The highest BCUT2D eigenvalue weighted by molar-refractivity contribution is 5.67. The van der Waals surface area contributed by atoms with Crippen molar-refractivity contribution in [1.82, 2.24) is 10.2 Å². The lowest BCUT2D eigenvalue weighted by atomic mass is 9.70. The van der Waals surface area contributed by atoms with E-state index in [1.165, 1.54) is 24.5 Å². The smallest absolute Gasteiger partial charge is 0.132 e. The highest BCUT2D eigenvalue weighted by atomic mass is 19.1. The number of benzene rings is 1. The molecular weight excluding hydrogens is 275 g/mol. The maximum absolute atomic E-state index is 14.2. The number of nitrogens with zero attached hydrogens (tertiary/aromatic N) is 2. The molecule has 2 bridgehead atoms. The first-order chi connectivity index (χ1) is 10.4. The summed E-state index contributed by atoms with van der Waals surface area (Å²) >= 11 is 0. The van der Waals surface area contributed by atoms with E-state index in [0.717, 1.165) is 11.3 Å². The molecule has 2 aromatic rings. The van der Waals surface area contributed by atoms with E-state index in [9.17, 15) is 4.39 Å². The van der Waals surface area contributed by atoms with Gasteiger partial charge in [0.15, 0.2) is 0 Å². The van der Waals surface area contributed by atoms with Crippen LogP contribution in [0.25, 0.3) is 11.3 Å². The average molecular weight is 296 g/mol. The van der Waals surface area contributed by atoms with E-state index in [4.69, 9.17) is 0 Å². The Morgan fingerprint density at radius 3 is 2.59 bits per heavy atom. The molecule has 0 unspecified atom stereocenters. The Labute approximate surface area is 130 Å². The number of rotatable bonds is 1. The Morgan fingerprint density at radius 1 is 1.14 bits per heavy atom. The number of hydrogen-bond acceptors (Lipinski definition) is 2. The summed E-state index contributed by atoms with van der Waals surface area (Å²) in [5.41, 5.74) is 5.13. The molecule has 0 amide bonds. The Morgan fingerprint density at radius 2 is 1.86 bits per heavy atom. The summed E-state index contributed by atoms with van der Waals surface area (Å²) < 4.78 is 14.2. The van der Waals surface area contributed by atoms with Gasteiger partial charge < -0.3 is 0 Å². The van der Waals surface area contributed by atoms with Crippen LogP contribution in [0.4, 0.5) is 4.39 Å². The van der Waals surface area contributed by atoms with Gasteiger partial charge in [-0.3, -0.25) is 0 Å². The summed E-state index contributed by atoms with van der Waals surface area (Å²) in [7, 11) is 0. The molecule has 1 aromatic carbocycles. The zero-order valence-electron chi connectivity index (χ0n) is 13.6. The first kappa shape index (κ1) is 13.9. The van der Waals surface area contributed by atoms with E-state index in [1.54, 1.807) is 12.1 Å². The van der Waals surface area contributed by atoms with Crippen LogP contribution in [0, 0.1) is 18.2 Å². The van der Waals surface area contributed by atoms with Crippen LogP contribution in [0.2, 0.25) is 0 Å². The molecule has 3 heteroatoms. The molecule has 2 aliphatic rings. The fraction of sp³-hybridized carbons (Fsp3) is 0.474. The normalized spacial score (nSPS) is 28.0. The zero-order chi connectivity index (χ0) is 15.7. The Hall–Kier alpha value is -1.77. The van der Waals surface area contributed by atoms with Crippen molar-refractivity contribution in [2.24, 2.45) is 5.41 Å². The van der Waals surface area contributed by atoms with Crippen LogP contribution in [0.15, 0.2) is 24.3 Å². The highest BCUT2D eigenvalue weighted by Gasteiger charge is 2.61. The molecule has 0 saturated heterocycles. The molecule has 1 fully saturated rings. The maximum atomic E-state index is 14.2. The zero-order valence-corrected chi connectivity index (χ0v) is 13.6. The lowest BCUT2D eigenvalue weighted by Crippen LogP contribution is -2.32. The van der Waals surface area contributed by atoms with Crippen LogP contribution in [-0.2, 0) is 5.41 Å². The summed E-state index contributed by atoms with van der Waals surface area (Å²) in [4.78, 5) is 0. The minimum absolute atomic E-state index is 0.0958. The summed E-state index contributed by atoms with van der Waals surface area (Å²) in [6.07, 6.45) is 2.37. The second kappa shape index (κ2) is 4.15. The van der Waals surface area contributed by atoms with Crippen molar-refractivity contribution in [3.05, 3.63) is 46.9 Å². The molecule has 1 saturated carbocycles. The monoisotopic (exact) mass is 296 g/mol. The molecule has 114 valence electrons.